The summed E-state index contributed by atoms with van der Waals surface area (Å²) in [6.45, 7) is 3.82. The van der Waals surface area contributed by atoms with Crippen molar-refractivity contribution in [1.82, 2.24) is 9.97 Å². The number of carbonyl (C=O) groups is 2. The fraction of sp³-hybridized carbons (Fsp3) is 0.500. The van der Waals surface area contributed by atoms with Crippen molar-refractivity contribution in [2.45, 2.75) is 20.3 Å². The number of esters is 1. The lowest BCUT2D eigenvalue weighted by atomic mass is 10.1. The highest BCUT2D eigenvalue weighted by Gasteiger charge is 2.13. The number of aryl methyl sites for hydroxylation is 1. The number of carbonyl (C=O) groups excluding carboxylic acids is 1. The zero-order valence-corrected chi connectivity index (χ0v) is 11.1. The molecule has 1 unspecified atom stereocenters. The molecule has 0 spiro atoms. The summed E-state index contributed by atoms with van der Waals surface area (Å²) in [6.07, 6.45) is 0.464. The molecule has 2 N–H and O–H groups in total. The number of carboxylic acids is 1. The van der Waals surface area contributed by atoms with E-state index in [4.69, 9.17) is 5.11 Å². The average molecular weight is 267 g/mol. The Balaban J connectivity index is 2.66. The number of carboxylic acid groups (broad SMARTS) is 1. The van der Waals surface area contributed by atoms with Crippen molar-refractivity contribution < 1.29 is 19.4 Å². The van der Waals surface area contributed by atoms with Gasteiger partial charge in [-0.3, -0.25) is 4.79 Å². The van der Waals surface area contributed by atoms with Crippen molar-refractivity contribution in [2.24, 2.45) is 5.92 Å². The van der Waals surface area contributed by atoms with Crippen LogP contribution in [0, 0.1) is 12.8 Å². The topological polar surface area (TPSA) is 101 Å². The molecule has 0 aliphatic carbocycles. The first-order valence-corrected chi connectivity index (χ1v) is 5.84. The number of methoxy groups -OCH3 is 1. The van der Waals surface area contributed by atoms with Crippen LogP contribution in [0.15, 0.2) is 6.07 Å². The minimum atomic E-state index is -0.837. The van der Waals surface area contributed by atoms with Crippen LogP contribution in [0.2, 0.25) is 0 Å². The number of aromatic nitrogens is 2. The monoisotopic (exact) mass is 267 g/mol. The van der Waals surface area contributed by atoms with E-state index in [2.05, 4.69) is 20.0 Å². The lowest BCUT2D eigenvalue weighted by molar-refractivity contribution is -0.141. The lowest BCUT2D eigenvalue weighted by Crippen LogP contribution is -2.16. The van der Waals surface area contributed by atoms with Gasteiger partial charge in [-0.2, -0.15) is 0 Å². The van der Waals surface area contributed by atoms with Crippen LogP contribution in [0.25, 0.3) is 0 Å². The van der Waals surface area contributed by atoms with Crippen molar-refractivity contribution in [3.8, 4) is 0 Å². The third-order valence-corrected chi connectivity index (χ3v) is 2.53. The van der Waals surface area contributed by atoms with E-state index in [0.717, 1.165) is 0 Å². The molecular formula is C12H17N3O4. The summed E-state index contributed by atoms with van der Waals surface area (Å²) in [6, 6.07) is 1.68. The van der Waals surface area contributed by atoms with Gasteiger partial charge in [-0.25, -0.2) is 14.8 Å². The number of hydrogen-bond acceptors (Lipinski definition) is 6. The van der Waals surface area contributed by atoms with E-state index in [1.54, 1.807) is 19.9 Å². The number of aliphatic carboxylic acids is 1. The molecular weight excluding hydrogens is 250 g/mol. The van der Waals surface area contributed by atoms with Gasteiger partial charge in [0.25, 0.3) is 0 Å². The SMILES string of the molecule is COC(=O)c1nc(C)cc(NCCC(C)C(=O)O)n1. The highest BCUT2D eigenvalue weighted by Crippen LogP contribution is 2.08. The fourth-order valence-electron chi connectivity index (χ4n) is 1.38. The largest absolute Gasteiger partial charge is 0.481 e. The molecule has 1 heterocycles. The van der Waals surface area contributed by atoms with E-state index in [9.17, 15) is 9.59 Å². The Hall–Kier alpha value is -2.18. The van der Waals surface area contributed by atoms with E-state index in [1.165, 1.54) is 7.11 Å². The van der Waals surface area contributed by atoms with Gasteiger partial charge >= 0.3 is 11.9 Å². The molecule has 104 valence electrons. The molecule has 7 nitrogen and oxygen atoms in total. The highest BCUT2D eigenvalue weighted by molar-refractivity contribution is 5.85. The minimum absolute atomic E-state index is 0.0173. The smallest absolute Gasteiger partial charge is 0.376 e. The first-order valence-electron chi connectivity index (χ1n) is 5.84. The molecule has 0 amide bonds. The van der Waals surface area contributed by atoms with Crippen molar-refractivity contribution in [3.05, 3.63) is 17.6 Å². The van der Waals surface area contributed by atoms with Gasteiger partial charge in [0, 0.05) is 18.3 Å². The molecule has 1 aromatic rings. The first-order chi connectivity index (χ1) is 8.93. The van der Waals surface area contributed by atoms with Gasteiger partial charge in [-0.15, -0.1) is 0 Å². The summed E-state index contributed by atoms with van der Waals surface area (Å²) in [7, 11) is 1.26. The zero-order valence-electron chi connectivity index (χ0n) is 11.1. The van der Waals surface area contributed by atoms with Crippen LogP contribution in [0.1, 0.15) is 29.7 Å². The van der Waals surface area contributed by atoms with Crippen LogP contribution in [0.5, 0.6) is 0 Å². The number of hydrogen-bond donors (Lipinski definition) is 2. The fourth-order valence-corrected chi connectivity index (χ4v) is 1.38. The van der Waals surface area contributed by atoms with Crippen LogP contribution in [-0.2, 0) is 9.53 Å². The lowest BCUT2D eigenvalue weighted by Gasteiger charge is -2.09. The second-order valence-corrected chi connectivity index (χ2v) is 4.16. The summed E-state index contributed by atoms with van der Waals surface area (Å²) >= 11 is 0. The van der Waals surface area contributed by atoms with Gasteiger partial charge in [0.2, 0.25) is 5.82 Å². The molecule has 0 bridgehead atoms. The maximum Gasteiger partial charge on any atom is 0.376 e. The Morgan fingerprint density at radius 3 is 2.74 bits per heavy atom. The average Bonchev–Trinajstić information content (AvgIpc) is 2.36. The Morgan fingerprint density at radius 2 is 2.16 bits per heavy atom. The van der Waals surface area contributed by atoms with Gasteiger partial charge in [-0.05, 0) is 13.3 Å². The molecule has 1 atom stereocenters. The molecule has 7 heteroatoms. The van der Waals surface area contributed by atoms with Crippen LogP contribution in [0.3, 0.4) is 0 Å². The predicted octanol–water partition coefficient (Wildman–Crippen LogP) is 1.09. The van der Waals surface area contributed by atoms with E-state index in [0.29, 0.717) is 24.5 Å². The maximum atomic E-state index is 11.3. The highest BCUT2D eigenvalue weighted by atomic mass is 16.5. The van der Waals surface area contributed by atoms with Crippen LogP contribution in [-0.4, -0.2) is 40.7 Å². The number of nitrogens with zero attached hydrogens (tertiary/aromatic N) is 2. The summed E-state index contributed by atoms with van der Waals surface area (Å²) < 4.78 is 4.55. The minimum Gasteiger partial charge on any atom is -0.481 e. The Kier molecular flexibility index (Phi) is 5.23. The maximum absolute atomic E-state index is 11.3. The summed E-state index contributed by atoms with van der Waals surface area (Å²) in [5.74, 6) is -1.42. The molecule has 0 radical (unpaired) electrons. The van der Waals surface area contributed by atoms with Crippen molar-refractivity contribution in [2.75, 3.05) is 19.0 Å². The molecule has 1 rings (SSSR count). The predicted molar refractivity (Wildman–Crippen MR) is 68.0 cm³/mol. The summed E-state index contributed by atoms with van der Waals surface area (Å²) in [5, 5.41) is 11.7. The molecule has 0 saturated carbocycles. The second kappa shape index (κ2) is 6.67. The van der Waals surface area contributed by atoms with Crippen molar-refractivity contribution in [1.29, 1.82) is 0 Å². The van der Waals surface area contributed by atoms with Crippen LogP contribution >= 0.6 is 0 Å². The third kappa shape index (κ3) is 4.53. The number of nitrogens with one attached hydrogen (secondary N) is 1. The first kappa shape index (κ1) is 14.9. The van der Waals surface area contributed by atoms with Crippen LogP contribution < -0.4 is 5.32 Å². The number of anilines is 1. The third-order valence-electron chi connectivity index (χ3n) is 2.53. The van der Waals surface area contributed by atoms with E-state index < -0.39 is 17.9 Å². The molecule has 0 saturated heterocycles. The number of rotatable bonds is 6. The Bertz CT molecular complexity index is 476. The Labute approximate surface area is 111 Å². The van der Waals surface area contributed by atoms with Gasteiger partial charge in [-0.1, -0.05) is 6.92 Å². The summed E-state index contributed by atoms with van der Waals surface area (Å²) in [5.41, 5.74) is 0.629. The zero-order chi connectivity index (χ0) is 14.4. The van der Waals surface area contributed by atoms with E-state index in [1.807, 2.05) is 0 Å². The van der Waals surface area contributed by atoms with Gasteiger partial charge < -0.3 is 15.2 Å². The number of ether oxygens (including phenoxy) is 1. The summed E-state index contributed by atoms with van der Waals surface area (Å²) in [4.78, 5) is 30.0. The second-order valence-electron chi connectivity index (χ2n) is 4.16. The van der Waals surface area contributed by atoms with Gasteiger partial charge in [0.05, 0.1) is 13.0 Å². The normalized spacial score (nSPS) is 11.7. The van der Waals surface area contributed by atoms with Gasteiger partial charge in [0.15, 0.2) is 0 Å². The van der Waals surface area contributed by atoms with Crippen molar-refractivity contribution >= 4 is 17.8 Å². The Morgan fingerprint density at radius 1 is 1.47 bits per heavy atom. The van der Waals surface area contributed by atoms with Crippen molar-refractivity contribution in [3.63, 3.8) is 0 Å². The van der Waals surface area contributed by atoms with E-state index >= 15 is 0 Å². The quantitative estimate of drug-likeness (QED) is 0.744. The molecule has 0 fully saturated rings. The van der Waals surface area contributed by atoms with E-state index in [-0.39, 0.29) is 5.82 Å². The molecule has 0 aliphatic heterocycles. The standard InChI is InChI=1S/C12H17N3O4/c1-7(11(16)17)4-5-13-9-6-8(2)14-10(15-9)12(18)19-3/h6-7H,4-5H2,1-3H3,(H,16,17)(H,13,14,15). The molecule has 0 aliphatic rings. The molecule has 19 heavy (non-hydrogen) atoms. The van der Waals surface area contributed by atoms with Gasteiger partial charge in [0.1, 0.15) is 5.82 Å². The molecule has 0 aromatic carbocycles. The van der Waals surface area contributed by atoms with Crippen LogP contribution in [0.4, 0.5) is 5.82 Å². The molecule has 1 aromatic heterocycles.